The first-order valence-corrected chi connectivity index (χ1v) is 10.3. The zero-order chi connectivity index (χ0) is 20.2. The van der Waals surface area contributed by atoms with Crippen molar-refractivity contribution in [1.82, 2.24) is 19.7 Å². The Bertz CT molecular complexity index is 973. The van der Waals surface area contributed by atoms with Crippen LogP contribution in [0.4, 0.5) is 10.2 Å². The number of rotatable bonds is 5. The van der Waals surface area contributed by atoms with E-state index in [1.807, 2.05) is 23.0 Å². The third-order valence-electron chi connectivity index (χ3n) is 4.98. The maximum absolute atomic E-state index is 13.1. The molecular weight excluding hydrogens is 437 g/mol. The highest BCUT2D eigenvalue weighted by Gasteiger charge is 2.26. The summed E-state index contributed by atoms with van der Waals surface area (Å²) in [7, 11) is 0. The molecule has 1 aromatic carbocycles. The Morgan fingerprint density at radius 3 is 2.79 bits per heavy atom. The first-order chi connectivity index (χ1) is 14.1. The summed E-state index contributed by atoms with van der Waals surface area (Å²) in [5.74, 6) is 0.216. The van der Waals surface area contributed by atoms with Gasteiger partial charge in [0.2, 0.25) is 5.91 Å². The number of benzene rings is 1. The summed E-state index contributed by atoms with van der Waals surface area (Å²) in [4.78, 5) is 19.1. The molecule has 1 amide bonds. The predicted molar refractivity (Wildman–Crippen MR) is 112 cm³/mol. The Balaban J connectivity index is 1.35. The molecule has 6 nitrogen and oxygen atoms in total. The SMILES string of the molecule is O=C(Nc1ccc(Br)cn1)C1CCCN(Cn2ccc(-c3ccc(F)cc3)n2)C1. The number of carbonyl (C=O) groups excluding carboxylic acids is 1. The Morgan fingerprint density at radius 2 is 2.03 bits per heavy atom. The second-order valence-electron chi connectivity index (χ2n) is 7.16. The number of hydrogen-bond acceptors (Lipinski definition) is 4. The number of amides is 1. The summed E-state index contributed by atoms with van der Waals surface area (Å²) < 4.78 is 15.8. The normalized spacial score (nSPS) is 17.2. The van der Waals surface area contributed by atoms with Crippen LogP contribution < -0.4 is 5.32 Å². The fourth-order valence-corrected chi connectivity index (χ4v) is 3.73. The molecule has 1 unspecified atom stereocenters. The van der Waals surface area contributed by atoms with Gasteiger partial charge in [0.25, 0.3) is 0 Å². The van der Waals surface area contributed by atoms with Gasteiger partial charge in [-0.3, -0.25) is 14.4 Å². The molecular formula is C21H21BrFN5O. The lowest BCUT2D eigenvalue weighted by atomic mass is 9.97. The summed E-state index contributed by atoms with van der Waals surface area (Å²) in [6, 6.07) is 11.9. The highest BCUT2D eigenvalue weighted by Crippen LogP contribution is 2.21. The molecule has 0 spiro atoms. The summed E-state index contributed by atoms with van der Waals surface area (Å²) in [5.41, 5.74) is 1.68. The third-order valence-corrected chi connectivity index (χ3v) is 5.45. The number of pyridine rings is 1. The molecule has 1 N–H and O–H groups in total. The molecule has 2 aromatic heterocycles. The summed E-state index contributed by atoms with van der Waals surface area (Å²) >= 11 is 3.34. The van der Waals surface area contributed by atoms with Gasteiger partial charge in [0.05, 0.1) is 18.3 Å². The third kappa shape index (κ3) is 5.07. The number of hydrogen-bond donors (Lipinski definition) is 1. The molecule has 1 fully saturated rings. The number of carbonyl (C=O) groups is 1. The van der Waals surface area contributed by atoms with Gasteiger partial charge < -0.3 is 5.32 Å². The van der Waals surface area contributed by atoms with Gasteiger partial charge in [-0.05, 0) is 77.8 Å². The summed E-state index contributed by atoms with van der Waals surface area (Å²) in [5, 5.41) is 7.49. The molecule has 3 heterocycles. The lowest BCUT2D eigenvalue weighted by Gasteiger charge is -2.31. The van der Waals surface area contributed by atoms with Crippen molar-refractivity contribution in [3.8, 4) is 11.3 Å². The van der Waals surface area contributed by atoms with Crippen molar-refractivity contribution in [3.05, 3.63) is 65.1 Å². The van der Waals surface area contributed by atoms with Crippen LogP contribution in [-0.2, 0) is 11.5 Å². The minimum Gasteiger partial charge on any atom is -0.310 e. The van der Waals surface area contributed by atoms with Crippen LogP contribution >= 0.6 is 15.9 Å². The summed E-state index contributed by atoms with van der Waals surface area (Å²) in [6.45, 7) is 2.21. The number of piperidine rings is 1. The highest BCUT2D eigenvalue weighted by molar-refractivity contribution is 9.10. The van der Waals surface area contributed by atoms with Crippen molar-refractivity contribution in [1.29, 1.82) is 0 Å². The first kappa shape index (κ1) is 19.7. The van der Waals surface area contributed by atoms with Crippen LogP contribution in [0.25, 0.3) is 11.3 Å². The molecule has 0 aliphatic carbocycles. The van der Waals surface area contributed by atoms with Gasteiger partial charge >= 0.3 is 0 Å². The molecule has 8 heteroatoms. The number of likely N-dealkylation sites (tertiary alicyclic amines) is 1. The Morgan fingerprint density at radius 1 is 1.21 bits per heavy atom. The number of halogens is 2. The second kappa shape index (κ2) is 8.84. The monoisotopic (exact) mass is 457 g/mol. The quantitative estimate of drug-likeness (QED) is 0.624. The van der Waals surface area contributed by atoms with Gasteiger partial charge in [0.1, 0.15) is 11.6 Å². The maximum atomic E-state index is 13.1. The minimum absolute atomic E-state index is 0.00279. The number of nitrogens with zero attached hydrogens (tertiary/aromatic N) is 4. The van der Waals surface area contributed by atoms with E-state index < -0.39 is 0 Å². The van der Waals surface area contributed by atoms with Crippen LogP contribution in [0.15, 0.2) is 59.3 Å². The summed E-state index contributed by atoms with van der Waals surface area (Å²) in [6.07, 6.45) is 5.39. The molecule has 1 saturated heterocycles. The molecule has 29 heavy (non-hydrogen) atoms. The van der Waals surface area contributed by atoms with Gasteiger partial charge in [-0.2, -0.15) is 5.10 Å². The van der Waals surface area contributed by atoms with Crippen molar-refractivity contribution in [2.24, 2.45) is 5.92 Å². The topological polar surface area (TPSA) is 63.1 Å². The van der Waals surface area contributed by atoms with Crippen LogP contribution in [0.5, 0.6) is 0 Å². The Labute approximate surface area is 176 Å². The van der Waals surface area contributed by atoms with Crippen LogP contribution in [0, 0.1) is 11.7 Å². The van der Waals surface area contributed by atoms with E-state index in [2.05, 4.69) is 36.2 Å². The van der Waals surface area contributed by atoms with E-state index in [1.54, 1.807) is 24.4 Å². The zero-order valence-corrected chi connectivity index (χ0v) is 17.3. The Hall–Kier alpha value is -2.58. The predicted octanol–water partition coefficient (Wildman–Crippen LogP) is 4.15. The standard InChI is InChI=1S/C21H21BrFN5O/c22-17-5-8-20(24-12-17)25-21(29)16-2-1-10-27(13-16)14-28-11-9-19(26-28)15-3-6-18(23)7-4-15/h3-9,11-12,16H,1-2,10,13-14H2,(H,24,25,29). The van der Waals surface area contributed by atoms with Crippen molar-refractivity contribution >= 4 is 27.7 Å². The van der Waals surface area contributed by atoms with Crippen molar-refractivity contribution < 1.29 is 9.18 Å². The number of anilines is 1. The van der Waals surface area contributed by atoms with Crippen LogP contribution in [0.3, 0.4) is 0 Å². The average Bonchev–Trinajstić information content (AvgIpc) is 3.19. The maximum Gasteiger partial charge on any atom is 0.229 e. The lowest BCUT2D eigenvalue weighted by Crippen LogP contribution is -2.41. The van der Waals surface area contributed by atoms with Gasteiger partial charge in [-0.15, -0.1) is 0 Å². The molecule has 0 saturated carbocycles. The molecule has 4 rings (SSSR count). The fraction of sp³-hybridized carbons (Fsp3) is 0.286. The lowest BCUT2D eigenvalue weighted by molar-refractivity contribution is -0.121. The average molecular weight is 458 g/mol. The van der Waals surface area contributed by atoms with Gasteiger partial charge in [-0.1, -0.05) is 0 Å². The molecule has 1 aliphatic heterocycles. The second-order valence-corrected chi connectivity index (χ2v) is 8.07. The first-order valence-electron chi connectivity index (χ1n) is 9.51. The van der Waals surface area contributed by atoms with Crippen molar-refractivity contribution in [2.45, 2.75) is 19.5 Å². The van der Waals surface area contributed by atoms with Gasteiger partial charge in [0.15, 0.2) is 0 Å². The fourth-order valence-electron chi connectivity index (χ4n) is 3.50. The van der Waals surface area contributed by atoms with Crippen LogP contribution in [0.1, 0.15) is 12.8 Å². The van der Waals surface area contributed by atoms with Crippen molar-refractivity contribution in [2.75, 3.05) is 18.4 Å². The number of aromatic nitrogens is 3. The molecule has 0 radical (unpaired) electrons. The smallest absolute Gasteiger partial charge is 0.229 e. The molecule has 1 aliphatic rings. The van der Waals surface area contributed by atoms with E-state index in [0.29, 0.717) is 19.0 Å². The highest BCUT2D eigenvalue weighted by atomic mass is 79.9. The van der Waals surface area contributed by atoms with E-state index >= 15 is 0 Å². The van der Waals surface area contributed by atoms with Gasteiger partial charge in [-0.25, -0.2) is 9.37 Å². The molecule has 3 aromatic rings. The van der Waals surface area contributed by atoms with E-state index in [4.69, 9.17) is 0 Å². The van der Waals surface area contributed by atoms with Crippen LogP contribution in [-0.4, -0.2) is 38.7 Å². The molecule has 150 valence electrons. The molecule has 0 bridgehead atoms. The van der Waals surface area contributed by atoms with Gasteiger partial charge in [0, 0.05) is 29.0 Å². The molecule has 1 atom stereocenters. The van der Waals surface area contributed by atoms with Crippen LogP contribution in [0.2, 0.25) is 0 Å². The van der Waals surface area contributed by atoms with E-state index in [9.17, 15) is 9.18 Å². The Kier molecular flexibility index (Phi) is 6.01. The number of nitrogens with one attached hydrogen (secondary N) is 1. The van der Waals surface area contributed by atoms with E-state index in [-0.39, 0.29) is 17.6 Å². The zero-order valence-electron chi connectivity index (χ0n) is 15.8. The van der Waals surface area contributed by atoms with Crippen molar-refractivity contribution in [3.63, 3.8) is 0 Å². The van der Waals surface area contributed by atoms with E-state index in [1.165, 1.54) is 12.1 Å². The minimum atomic E-state index is -0.260. The largest absolute Gasteiger partial charge is 0.310 e. The van der Waals surface area contributed by atoms with E-state index in [0.717, 1.165) is 35.1 Å².